The van der Waals surface area contributed by atoms with Gasteiger partial charge in [-0.2, -0.15) is 0 Å². The summed E-state index contributed by atoms with van der Waals surface area (Å²) in [6, 6.07) is 0.434. The van der Waals surface area contributed by atoms with Crippen molar-refractivity contribution in [1.29, 1.82) is 0 Å². The lowest BCUT2D eigenvalue weighted by Crippen LogP contribution is -2.56. The Morgan fingerprint density at radius 2 is 1.96 bits per heavy atom. The van der Waals surface area contributed by atoms with Crippen molar-refractivity contribution in [2.24, 2.45) is 4.99 Å². The molecular weight excluding hydrogens is 294 g/mol. The predicted molar refractivity (Wildman–Crippen MR) is 89.3 cm³/mol. The highest BCUT2D eigenvalue weighted by Gasteiger charge is 2.34. The van der Waals surface area contributed by atoms with Gasteiger partial charge in [0.2, 0.25) is 5.91 Å². The van der Waals surface area contributed by atoms with Gasteiger partial charge in [0.15, 0.2) is 5.96 Å². The normalized spacial score (nSPS) is 25.0. The quantitative estimate of drug-likeness (QED) is 0.464. The average molecular weight is 323 g/mol. The van der Waals surface area contributed by atoms with E-state index in [1.165, 1.54) is 0 Å². The summed E-state index contributed by atoms with van der Waals surface area (Å²) in [6.07, 6.45) is 5.13. The van der Waals surface area contributed by atoms with E-state index < -0.39 is 5.60 Å². The molecule has 1 saturated heterocycles. The van der Waals surface area contributed by atoms with E-state index in [0.29, 0.717) is 19.1 Å². The van der Waals surface area contributed by atoms with Crippen LogP contribution in [0.15, 0.2) is 4.99 Å². The average Bonchev–Trinajstić information content (AvgIpc) is 3.31. The summed E-state index contributed by atoms with van der Waals surface area (Å²) >= 11 is 0. The van der Waals surface area contributed by atoms with Crippen molar-refractivity contribution in [2.45, 2.75) is 43.7 Å². The van der Waals surface area contributed by atoms with Crippen molar-refractivity contribution in [3.05, 3.63) is 0 Å². The third-order valence-electron chi connectivity index (χ3n) is 5.05. The molecular formula is C16H29N5O2. The van der Waals surface area contributed by atoms with Crippen LogP contribution in [0.5, 0.6) is 0 Å². The molecule has 0 aromatic carbocycles. The van der Waals surface area contributed by atoms with Gasteiger partial charge in [-0.1, -0.05) is 0 Å². The maximum absolute atomic E-state index is 11.9. The molecule has 0 aromatic rings. The fraction of sp³-hybridized carbons (Fsp3) is 0.875. The lowest BCUT2D eigenvalue weighted by Gasteiger charge is -2.40. The van der Waals surface area contributed by atoms with E-state index in [1.54, 1.807) is 7.05 Å². The first-order valence-corrected chi connectivity index (χ1v) is 8.78. The van der Waals surface area contributed by atoms with Crippen LogP contribution >= 0.6 is 0 Å². The highest BCUT2D eigenvalue weighted by atomic mass is 16.3. The van der Waals surface area contributed by atoms with E-state index in [-0.39, 0.29) is 5.91 Å². The lowest BCUT2D eigenvalue weighted by atomic mass is 9.80. The van der Waals surface area contributed by atoms with Gasteiger partial charge < -0.3 is 20.6 Å². The van der Waals surface area contributed by atoms with Crippen LogP contribution in [0.3, 0.4) is 0 Å². The second-order valence-corrected chi connectivity index (χ2v) is 7.08. The number of carbonyl (C=O) groups excluding carboxylic acids is 1. The minimum absolute atomic E-state index is 0.149. The van der Waals surface area contributed by atoms with Crippen LogP contribution in [0.25, 0.3) is 0 Å². The molecule has 3 fully saturated rings. The summed E-state index contributed by atoms with van der Waals surface area (Å²) in [5.41, 5.74) is -0.543. The number of carbonyl (C=O) groups is 1. The van der Waals surface area contributed by atoms with Crippen LogP contribution < -0.4 is 10.6 Å². The number of piperazine rings is 1. The molecule has 2 saturated carbocycles. The zero-order chi connectivity index (χ0) is 16.3. The molecule has 3 N–H and O–H groups in total. The Labute approximate surface area is 138 Å². The number of aliphatic hydroxyl groups is 1. The molecule has 7 nitrogen and oxygen atoms in total. The number of rotatable bonds is 5. The van der Waals surface area contributed by atoms with Crippen LogP contribution in [0.4, 0.5) is 0 Å². The third-order valence-corrected chi connectivity index (χ3v) is 5.05. The van der Waals surface area contributed by atoms with Crippen molar-refractivity contribution >= 4 is 11.9 Å². The predicted octanol–water partition coefficient (Wildman–Crippen LogP) is -0.627. The molecule has 7 heteroatoms. The maximum atomic E-state index is 11.9. The van der Waals surface area contributed by atoms with Gasteiger partial charge in [0, 0.05) is 45.8 Å². The fourth-order valence-corrected chi connectivity index (χ4v) is 3.16. The first-order chi connectivity index (χ1) is 11.1. The van der Waals surface area contributed by atoms with Gasteiger partial charge in [0.1, 0.15) is 0 Å². The number of amides is 1. The maximum Gasteiger partial charge on any atom is 0.234 e. The second kappa shape index (κ2) is 7.05. The van der Waals surface area contributed by atoms with Crippen LogP contribution in [0.1, 0.15) is 32.1 Å². The van der Waals surface area contributed by atoms with Crippen LogP contribution in [-0.4, -0.2) is 84.7 Å². The van der Waals surface area contributed by atoms with Gasteiger partial charge in [0.05, 0.1) is 12.1 Å². The Morgan fingerprint density at radius 3 is 2.48 bits per heavy atom. The molecule has 0 aromatic heterocycles. The molecule has 0 radical (unpaired) electrons. The third kappa shape index (κ3) is 4.57. The summed E-state index contributed by atoms with van der Waals surface area (Å²) in [5, 5.41) is 16.5. The van der Waals surface area contributed by atoms with Crippen LogP contribution in [-0.2, 0) is 4.79 Å². The highest BCUT2D eigenvalue weighted by molar-refractivity contribution is 5.80. The molecule has 0 bridgehead atoms. The molecule has 3 aliphatic rings. The Balaban J connectivity index is 1.38. The van der Waals surface area contributed by atoms with E-state index >= 15 is 0 Å². The first kappa shape index (κ1) is 16.5. The highest BCUT2D eigenvalue weighted by Crippen LogP contribution is 2.30. The Kier molecular flexibility index (Phi) is 5.06. The SMILES string of the molecule is CN=C(NCC1(O)CCC1)N1CCN(CC(=O)NC2CC2)CC1. The summed E-state index contributed by atoms with van der Waals surface area (Å²) in [6.45, 7) is 4.51. The Hall–Kier alpha value is -1.34. The Bertz CT molecular complexity index is 451. The molecule has 1 aliphatic heterocycles. The van der Waals surface area contributed by atoms with Crippen molar-refractivity contribution in [3.63, 3.8) is 0 Å². The molecule has 0 spiro atoms. The van der Waals surface area contributed by atoms with Crippen molar-refractivity contribution in [1.82, 2.24) is 20.4 Å². The molecule has 3 rings (SSSR count). The van der Waals surface area contributed by atoms with E-state index in [9.17, 15) is 9.90 Å². The zero-order valence-electron chi connectivity index (χ0n) is 14.1. The topological polar surface area (TPSA) is 80.2 Å². The smallest absolute Gasteiger partial charge is 0.234 e. The van der Waals surface area contributed by atoms with Crippen molar-refractivity contribution < 1.29 is 9.90 Å². The monoisotopic (exact) mass is 323 g/mol. The summed E-state index contributed by atoms with van der Waals surface area (Å²) < 4.78 is 0. The fourth-order valence-electron chi connectivity index (χ4n) is 3.16. The number of nitrogens with zero attached hydrogens (tertiary/aromatic N) is 3. The van der Waals surface area contributed by atoms with Crippen molar-refractivity contribution in [3.8, 4) is 0 Å². The molecule has 1 heterocycles. The second-order valence-electron chi connectivity index (χ2n) is 7.08. The van der Waals surface area contributed by atoms with Gasteiger partial charge in [-0.15, -0.1) is 0 Å². The van der Waals surface area contributed by atoms with Gasteiger partial charge in [-0.05, 0) is 32.1 Å². The molecule has 130 valence electrons. The van der Waals surface area contributed by atoms with Gasteiger partial charge in [-0.25, -0.2) is 0 Å². The molecule has 0 atom stereocenters. The number of guanidine groups is 1. The molecule has 1 amide bonds. The van der Waals surface area contributed by atoms with Gasteiger partial charge >= 0.3 is 0 Å². The lowest BCUT2D eigenvalue weighted by molar-refractivity contribution is -0.122. The zero-order valence-corrected chi connectivity index (χ0v) is 14.1. The number of aliphatic imine (C=N–C) groups is 1. The van der Waals surface area contributed by atoms with E-state index in [2.05, 4.69) is 25.4 Å². The molecule has 0 unspecified atom stereocenters. The summed E-state index contributed by atoms with van der Waals surface area (Å²) in [5.74, 6) is 1.00. The molecule has 2 aliphatic carbocycles. The molecule has 23 heavy (non-hydrogen) atoms. The summed E-state index contributed by atoms with van der Waals surface area (Å²) in [4.78, 5) is 20.6. The minimum Gasteiger partial charge on any atom is -0.388 e. The van der Waals surface area contributed by atoms with Gasteiger partial charge in [0.25, 0.3) is 0 Å². The standard InChI is InChI=1S/C16H29N5O2/c1-17-15(18-12-16(23)5-2-6-16)21-9-7-20(8-10-21)11-14(22)19-13-3-4-13/h13,23H,2-12H2,1H3,(H,17,18)(H,19,22). The number of hydrogen-bond donors (Lipinski definition) is 3. The number of nitrogens with one attached hydrogen (secondary N) is 2. The van der Waals surface area contributed by atoms with Gasteiger partial charge in [-0.3, -0.25) is 14.7 Å². The van der Waals surface area contributed by atoms with E-state index in [1.807, 2.05) is 0 Å². The summed E-state index contributed by atoms with van der Waals surface area (Å²) in [7, 11) is 1.78. The van der Waals surface area contributed by atoms with E-state index in [4.69, 9.17) is 0 Å². The van der Waals surface area contributed by atoms with E-state index in [0.717, 1.165) is 64.2 Å². The number of hydrogen-bond acceptors (Lipinski definition) is 4. The minimum atomic E-state index is -0.543. The van der Waals surface area contributed by atoms with Crippen LogP contribution in [0.2, 0.25) is 0 Å². The van der Waals surface area contributed by atoms with Crippen molar-refractivity contribution in [2.75, 3.05) is 46.3 Å². The Morgan fingerprint density at radius 1 is 1.26 bits per heavy atom. The first-order valence-electron chi connectivity index (χ1n) is 8.78. The largest absolute Gasteiger partial charge is 0.388 e. The van der Waals surface area contributed by atoms with Crippen LogP contribution in [0, 0.1) is 0 Å².